The zero-order valence-electron chi connectivity index (χ0n) is 59.6. The number of hydrogen-bond acceptors (Lipinski definition) is 6. The second-order valence-corrected chi connectivity index (χ2v) is 30.2. The first kappa shape index (κ1) is 62.0. The van der Waals surface area contributed by atoms with E-state index in [2.05, 4.69) is 320 Å². The van der Waals surface area contributed by atoms with Crippen LogP contribution in [-0.4, -0.2) is 24.5 Å². The van der Waals surface area contributed by atoms with Crippen LogP contribution < -0.4 is 0 Å². The van der Waals surface area contributed by atoms with Crippen LogP contribution in [-0.2, 0) is 17.3 Å². The van der Waals surface area contributed by atoms with Gasteiger partial charge in [0.25, 0.3) is 0 Å². The minimum absolute atomic E-state index is 0.398. The van der Waals surface area contributed by atoms with Gasteiger partial charge in [0.1, 0.15) is 16.3 Å². The lowest BCUT2D eigenvalue weighted by atomic mass is 9.70. The molecule has 0 atom stereocenters. The summed E-state index contributed by atoms with van der Waals surface area (Å²) < 4.78 is 15.0. The molecule has 21 aromatic rings. The first-order valence-electron chi connectivity index (χ1n) is 37.9. The zero-order chi connectivity index (χ0) is 72.8. The summed E-state index contributed by atoms with van der Waals surface area (Å²) in [7, 11) is 0. The number of furan rings is 2. The highest BCUT2D eigenvalue weighted by Crippen LogP contribution is 2.65. The van der Waals surface area contributed by atoms with E-state index in [1.807, 2.05) is 36.4 Å². The van der Waals surface area contributed by atoms with Crippen molar-refractivity contribution in [2.24, 2.45) is 0 Å². The number of halogens is 1. The molecule has 0 amide bonds. The van der Waals surface area contributed by atoms with Crippen LogP contribution in [0.2, 0.25) is 5.15 Å². The molecule has 8 heteroatoms. The Labute approximate surface area is 642 Å². The summed E-state index contributed by atoms with van der Waals surface area (Å²) in [5.74, 6) is 1.99. The van der Waals surface area contributed by atoms with Crippen molar-refractivity contribution in [3.8, 4) is 84.2 Å². The topological polar surface area (TPSA) is 82.8 Å². The van der Waals surface area contributed by atoms with Crippen LogP contribution in [0.5, 0.6) is 0 Å². The van der Waals surface area contributed by atoms with E-state index in [0.717, 1.165) is 67.1 Å². The molecule has 111 heavy (non-hydrogen) atoms. The Morgan fingerprint density at radius 1 is 0.270 bits per heavy atom. The zero-order valence-corrected chi connectivity index (χ0v) is 60.4. The smallest absolute Gasteiger partial charge is 0.233 e. The monoisotopic (exact) mass is 1430 g/mol. The third-order valence-corrected chi connectivity index (χ3v) is 24.6. The third-order valence-electron chi connectivity index (χ3n) is 24.3. The van der Waals surface area contributed by atoms with Crippen molar-refractivity contribution in [1.82, 2.24) is 24.5 Å². The molecule has 0 aliphatic heterocycles. The Bertz CT molecular complexity index is 7500. The standard InChI is InChI=1S/C51H29N3O.C35H19ClN2O.C17H12/c1-2-14-31-29-45-39(27-30(31)13-1)37-18-6-11-23-44(37)54(45)49-47-38-19-7-12-24-46(38)55-50(47)53-48(52-49)32-25-26-36-35-17-5-10-22-42(35)51(43(36)28-32)40-20-8-3-15-33(40)34-16-4-9-21-41(34)51;36-32-31-25-12-4-8-16-30(25)39-34(31)38-33(37-32)20-17-18-24-23-11-3-7-15-28(23)35(29(24)19-20)26-13-5-1-9-21(26)22-10-2-6-14-27(22)35;1-2-6-13-11-17-15(9-12(13)5-1)10-14-7-3-4-8-16(14)17/h1-29H;1-19H;1-9,11H,10H2. The van der Waals surface area contributed by atoms with Gasteiger partial charge in [-0.15, -0.1) is 0 Å². The van der Waals surface area contributed by atoms with E-state index >= 15 is 0 Å². The molecule has 26 rings (SSSR count). The van der Waals surface area contributed by atoms with Gasteiger partial charge >= 0.3 is 0 Å². The molecule has 0 N–H and O–H groups in total. The van der Waals surface area contributed by atoms with Crippen molar-refractivity contribution in [2.75, 3.05) is 0 Å². The Kier molecular flexibility index (Phi) is 13.1. The fourth-order valence-corrected chi connectivity index (χ4v) is 20.0. The first-order valence-corrected chi connectivity index (χ1v) is 38.3. The van der Waals surface area contributed by atoms with Crippen molar-refractivity contribution >= 4 is 99.1 Å². The normalized spacial score (nSPS) is 13.6. The van der Waals surface area contributed by atoms with E-state index in [9.17, 15) is 0 Å². The number of fused-ring (bicyclic) bond motifs is 34. The van der Waals surface area contributed by atoms with Gasteiger partial charge in [-0.1, -0.05) is 315 Å². The van der Waals surface area contributed by atoms with Crippen LogP contribution in [0.3, 0.4) is 0 Å². The highest BCUT2D eigenvalue weighted by atomic mass is 35.5. The molecule has 2 spiro atoms. The van der Waals surface area contributed by atoms with Crippen LogP contribution in [0.4, 0.5) is 0 Å². The largest absolute Gasteiger partial charge is 0.438 e. The molecule has 0 saturated carbocycles. The molecular formula is C103H60ClN5O2. The molecular weight excluding hydrogens is 1370 g/mol. The van der Waals surface area contributed by atoms with E-state index in [0.29, 0.717) is 28.2 Å². The van der Waals surface area contributed by atoms with Gasteiger partial charge in [0.15, 0.2) is 17.5 Å². The summed E-state index contributed by atoms with van der Waals surface area (Å²) in [5, 5.41) is 11.4. The SMILES string of the molecule is Clc1nc(-c2ccc3c(c2)C2(c4ccccc4-c4ccccc42)c2ccccc2-3)nc2oc3ccccc3c12.c1ccc2c(c1)-c1ccccc1C21c2ccccc2-c2ccc(-c3nc(-n4c5ccccc5c5cc6ccccc6cc54)c4c(n3)oc3ccccc34)cc21.c1ccc2c(c1)Cc1cc3ccccc3cc1-2. The average molecular weight is 1440 g/mol. The predicted molar refractivity (Wildman–Crippen MR) is 451 cm³/mol. The van der Waals surface area contributed by atoms with Gasteiger partial charge in [0.2, 0.25) is 11.4 Å². The Morgan fingerprint density at radius 2 is 0.658 bits per heavy atom. The van der Waals surface area contributed by atoms with Crippen LogP contribution in [0, 0.1) is 0 Å². The second kappa shape index (κ2) is 23.4. The molecule has 0 bridgehead atoms. The fraction of sp³-hybridized carbons (Fsp3) is 0.0291. The quantitative estimate of drug-likeness (QED) is 0.164. The van der Waals surface area contributed by atoms with E-state index < -0.39 is 10.8 Å². The fourth-order valence-electron chi connectivity index (χ4n) is 19.8. The van der Waals surface area contributed by atoms with Crippen molar-refractivity contribution in [2.45, 2.75) is 17.3 Å². The maximum absolute atomic E-state index is 6.77. The first-order chi connectivity index (χ1) is 54.9. The van der Waals surface area contributed by atoms with Crippen molar-refractivity contribution in [3.05, 3.63) is 413 Å². The highest BCUT2D eigenvalue weighted by Gasteiger charge is 2.53. The van der Waals surface area contributed by atoms with Crippen LogP contribution >= 0.6 is 11.6 Å². The van der Waals surface area contributed by atoms with Gasteiger partial charge in [-0.05, 0) is 188 Å². The summed E-state index contributed by atoms with van der Waals surface area (Å²) in [6.07, 6.45) is 1.08. The minimum Gasteiger partial charge on any atom is -0.438 e. The molecule has 516 valence electrons. The second-order valence-electron chi connectivity index (χ2n) is 29.8. The molecule has 5 aliphatic carbocycles. The maximum atomic E-state index is 6.77. The number of benzene rings is 16. The van der Waals surface area contributed by atoms with Crippen molar-refractivity contribution in [3.63, 3.8) is 0 Å². The lowest BCUT2D eigenvalue weighted by molar-refractivity contribution is 0.653. The number of aromatic nitrogens is 5. The average Bonchev–Trinajstić information content (AvgIpc) is 1.51. The summed E-state index contributed by atoms with van der Waals surface area (Å²) in [5.41, 5.74) is 32.0. The number of para-hydroxylation sites is 3. The van der Waals surface area contributed by atoms with Gasteiger partial charge in [-0.25, -0.2) is 9.97 Å². The maximum Gasteiger partial charge on any atom is 0.233 e. The van der Waals surface area contributed by atoms with Crippen LogP contribution in [0.15, 0.2) is 361 Å². The van der Waals surface area contributed by atoms with Gasteiger partial charge in [0.05, 0.1) is 32.6 Å². The molecule has 0 unspecified atom stereocenters. The number of hydrogen-bond donors (Lipinski definition) is 0. The Balaban J connectivity index is 0.000000111. The lowest BCUT2D eigenvalue weighted by Crippen LogP contribution is -2.25. The molecule has 0 radical (unpaired) electrons. The van der Waals surface area contributed by atoms with E-state index in [4.69, 9.17) is 40.4 Å². The molecule has 0 fully saturated rings. The summed E-state index contributed by atoms with van der Waals surface area (Å²) in [6, 6.07) is 126. The van der Waals surface area contributed by atoms with Crippen molar-refractivity contribution in [1.29, 1.82) is 0 Å². The van der Waals surface area contributed by atoms with Crippen LogP contribution in [0.1, 0.15) is 55.6 Å². The molecule has 5 aliphatic rings. The van der Waals surface area contributed by atoms with Crippen LogP contribution in [0.25, 0.3) is 172 Å². The molecule has 5 aromatic heterocycles. The van der Waals surface area contributed by atoms with E-state index in [-0.39, 0.29) is 0 Å². The van der Waals surface area contributed by atoms with Gasteiger partial charge < -0.3 is 8.83 Å². The molecule has 5 heterocycles. The molecule has 7 nitrogen and oxygen atoms in total. The Morgan fingerprint density at radius 3 is 1.18 bits per heavy atom. The summed E-state index contributed by atoms with van der Waals surface area (Å²) >= 11 is 6.77. The molecule has 0 saturated heterocycles. The molecule has 16 aromatic carbocycles. The third kappa shape index (κ3) is 8.69. The number of nitrogens with zero attached hydrogens (tertiary/aromatic N) is 5. The van der Waals surface area contributed by atoms with Crippen molar-refractivity contribution < 1.29 is 8.83 Å². The van der Waals surface area contributed by atoms with E-state index in [1.165, 1.54) is 144 Å². The van der Waals surface area contributed by atoms with Gasteiger partial charge in [0, 0.05) is 32.7 Å². The number of rotatable bonds is 3. The lowest BCUT2D eigenvalue weighted by Gasteiger charge is -2.30. The minimum atomic E-state index is -0.463. The van der Waals surface area contributed by atoms with Gasteiger partial charge in [-0.2, -0.15) is 9.97 Å². The predicted octanol–water partition coefficient (Wildman–Crippen LogP) is 26.1. The van der Waals surface area contributed by atoms with E-state index in [1.54, 1.807) is 0 Å². The highest BCUT2D eigenvalue weighted by molar-refractivity contribution is 6.36. The summed E-state index contributed by atoms with van der Waals surface area (Å²) in [4.78, 5) is 20.5. The van der Waals surface area contributed by atoms with Gasteiger partial charge in [-0.3, -0.25) is 4.57 Å². The summed E-state index contributed by atoms with van der Waals surface area (Å²) in [6.45, 7) is 0. The Hall–Kier alpha value is -14.1.